The van der Waals surface area contributed by atoms with E-state index in [0.717, 1.165) is 16.6 Å². The van der Waals surface area contributed by atoms with Crippen molar-refractivity contribution >= 4 is 69.1 Å². The largest absolute Gasteiger partial charge is 0.505 e. The van der Waals surface area contributed by atoms with E-state index in [1.165, 1.54) is 4.80 Å². The first-order chi connectivity index (χ1) is 17.9. The van der Waals surface area contributed by atoms with E-state index in [2.05, 4.69) is 51.2 Å². The fourth-order valence-corrected chi connectivity index (χ4v) is 4.26. The Labute approximate surface area is 239 Å². The Morgan fingerprint density at radius 3 is 2.13 bits per heavy atom. The van der Waals surface area contributed by atoms with E-state index in [1.807, 2.05) is 37.3 Å². The van der Waals surface area contributed by atoms with Crippen molar-refractivity contribution in [3.05, 3.63) is 86.3 Å². The van der Waals surface area contributed by atoms with E-state index in [0.29, 0.717) is 26.9 Å². The predicted molar refractivity (Wildman–Crippen MR) is 154 cm³/mol. The first-order valence-electron chi connectivity index (χ1n) is 11.4. The lowest BCUT2D eigenvalue weighted by molar-refractivity contribution is 0.440. The summed E-state index contributed by atoms with van der Waals surface area (Å²) in [6, 6.07) is 16.4. The second-order valence-electron chi connectivity index (χ2n) is 9.35. The molecule has 196 valence electrons. The second kappa shape index (κ2) is 11.3. The van der Waals surface area contributed by atoms with Gasteiger partial charge in [0.05, 0.1) is 10.7 Å². The highest BCUT2D eigenvalue weighted by atomic mass is 35.5. The molecule has 2 aromatic heterocycles. The van der Waals surface area contributed by atoms with Crippen molar-refractivity contribution < 1.29 is 5.11 Å². The number of para-hydroxylation sites is 1. The quantitative estimate of drug-likeness (QED) is 0.220. The third-order valence-electron chi connectivity index (χ3n) is 5.30. The number of nitrogens with one attached hydrogen (secondary N) is 1. The summed E-state index contributed by atoms with van der Waals surface area (Å²) < 4.78 is 0. The molecule has 5 rings (SSSR count). The van der Waals surface area contributed by atoms with Crippen molar-refractivity contribution in [2.45, 2.75) is 33.1 Å². The van der Waals surface area contributed by atoms with E-state index < -0.39 is 0 Å². The van der Waals surface area contributed by atoms with Gasteiger partial charge >= 0.3 is 0 Å². The molecule has 0 atom stereocenters. The van der Waals surface area contributed by atoms with Gasteiger partial charge in [-0.3, -0.25) is 0 Å². The van der Waals surface area contributed by atoms with E-state index >= 15 is 0 Å². The van der Waals surface area contributed by atoms with E-state index in [1.54, 1.807) is 24.3 Å². The third-order valence-corrected chi connectivity index (χ3v) is 6.20. The molecule has 0 saturated carbocycles. The zero-order valence-electron chi connectivity index (χ0n) is 20.8. The lowest BCUT2D eigenvalue weighted by atomic mass is 9.85. The van der Waals surface area contributed by atoms with Crippen molar-refractivity contribution in [2.24, 2.45) is 0 Å². The number of aryl methyl sites for hydroxylation is 1. The lowest BCUT2D eigenvalue weighted by Gasteiger charge is -2.22. The number of anilines is 2. The molecule has 12 heteroatoms. The Balaban J connectivity index is 0.000000186. The summed E-state index contributed by atoms with van der Waals surface area (Å²) in [7, 11) is 0. The molecule has 0 saturated heterocycles. The topological polar surface area (TPSA) is 102 Å². The first kappa shape index (κ1) is 27.9. The van der Waals surface area contributed by atoms with Gasteiger partial charge in [0.15, 0.2) is 0 Å². The number of rotatable bonds is 3. The van der Waals surface area contributed by atoms with Crippen LogP contribution in [0.1, 0.15) is 31.9 Å². The van der Waals surface area contributed by atoms with Gasteiger partial charge in [-0.15, -0.1) is 15.0 Å². The predicted octanol–water partition coefficient (Wildman–Crippen LogP) is 7.96. The number of hydrogen-bond acceptors (Lipinski definition) is 7. The van der Waals surface area contributed by atoms with Crippen LogP contribution in [0.15, 0.2) is 54.6 Å². The zero-order valence-corrected chi connectivity index (χ0v) is 23.9. The Kier molecular flexibility index (Phi) is 8.28. The highest BCUT2D eigenvalue weighted by Gasteiger charge is 2.22. The van der Waals surface area contributed by atoms with Gasteiger partial charge in [0, 0.05) is 10.6 Å². The van der Waals surface area contributed by atoms with E-state index in [4.69, 9.17) is 46.4 Å². The molecule has 38 heavy (non-hydrogen) atoms. The van der Waals surface area contributed by atoms with Crippen molar-refractivity contribution in [3.8, 4) is 11.4 Å². The van der Waals surface area contributed by atoms with Crippen LogP contribution in [-0.4, -0.2) is 35.1 Å². The summed E-state index contributed by atoms with van der Waals surface area (Å²) in [6.45, 7) is 8.20. The highest BCUT2D eigenvalue weighted by molar-refractivity contribution is 6.33. The molecule has 2 N–H and O–H groups in total. The molecule has 0 radical (unpaired) electrons. The van der Waals surface area contributed by atoms with Crippen LogP contribution < -0.4 is 5.32 Å². The van der Waals surface area contributed by atoms with Gasteiger partial charge in [-0.05, 0) is 77.5 Å². The van der Waals surface area contributed by atoms with Gasteiger partial charge in [0.2, 0.25) is 16.5 Å². The van der Waals surface area contributed by atoms with Crippen molar-refractivity contribution in [1.82, 2.24) is 29.9 Å². The summed E-state index contributed by atoms with van der Waals surface area (Å²) in [5, 5.41) is 23.6. The number of phenolic OH excluding ortho intramolecular Hbond substituents is 1. The molecule has 0 aliphatic carbocycles. The molecule has 0 amide bonds. The molecule has 0 unspecified atom stereocenters. The second-order valence-corrected chi connectivity index (χ2v) is 10.9. The third kappa shape index (κ3) is 6.63. The molecular formula is C26H23Cl4N7O. The highest BCUT2D eigenvalue weighted by Crippen LogP contribution is 2.36. The molecule has 2 heterocycles. The SMILES string of the molecule is Cc1cc(-n2nc3ccc(Cl)cc3n2)c(O)c(C(C)(C)C)c1.Clc1nc(Cl)nc(Nc2ccccc2Cl)n1. The Morgan fingerprint density at radius 1 is 0.816 bits per heavy atom. The number of hydrogen-bond donors (Lipinski definition) is 2. The fraction of sp³-hybridized carbons (Fsp3) is 0.192. The van der Waals surface area contributed by atoms with Gasteiger partial charge in [-0.1, -0.05) is 62.2 Å². The molecule has 0 spiro atoms. The van der Waals surface area contributed by atoms with Crippen molar-refractivity contribution in [1.29, 1.82) is 0 Å². The lowest BCUT2D eigenvalue weighted by Crippen LogP contribution is -2.13. The molecule has 0 aliphatic rings. The van der Waals surface area contributed by atoms with Crippen molar-refractivity contribution in [3.63, 3.8) is 0 Å². The summed E-state index contributed by atoms with van der Waals surface area (Å²) >= 11 is 23.2. The van der Waals surface area contributed by atoms with Crippen LogP contribution in [0.2, 0.25) is 20.6 Å². The van der Waals surface area contributed by atoms with Gasteiger partial charge in [0.1, 0.15) is 22.5 Å². The van der Waals surface area contributed by atoms with Crippen LogP contribution in [-0.2, 0) is 5.41 Å². The first-order valence-corrected chi connectivity index (χ1v) is 12.9. The Bertz CT molecular complexity index is 1600. The number of aromatic hydroxyl groups is 1. The van der Waals surface area contributed by atoms with Gasteiger partial charge < -0.3 is 10.4 Å². The molecular weight excluding hydrogens is 568 g/mol. The summed E-state index contributed by atoms with van der Waals surface area (Å²) in [4.78, 5) is 12.8. The van der Waals surface area contributed by atoms with Crippen LogP contribution in [0.5, 0.6) is 5.75 Å². The molecule has 3 aromatic carbocycles. The van der Waals surface area contributed by atoms with Gasteiger partial charge in [-0.25, -0.2) is 0 Å². The molecule has 0 bridgehead atoms. The minimum absolute atomic E-state index is 0.0227. The Morgan fingerprint density at radius 2 is 1.47 bits per heavy atom. The number of phenols is 1. The van der Waals surface area contributed by atoms with Gasteiger partial charge in [-0.2, -0.15) is 15.0 Å². The molecule has 5 aromatic rings. The monoisotopic (exact) mass is 589 g/mol. The van der Waals surface area contributed by atoms with Crippen LogP contribution in [0.3, 0.4) is 0 Å². The van der Waals surface area contributed by atoms with Crippen LogP contribution in [0.4, 0.5) is 11.6 Å². The maximum Gasteiger partial charge on any atom is 0.232 e. The van der Waals surface area contributed by atoms with Crippen LogP contribution >= 0.6 is 46.4 Å². The number of aromatic nitrogens is 6. The number of fused-ring (bicyclic) bond motifs is 1. The van der Waals surface area contributed by atoms with Gasteiger partial charge in [0.25, 0.3) is 0 Å². The smallest absolute Gasteiger partial charge is 0.232 e. The zero-order chi connectivity index (χ0) is 27.6. The summed E-state index contributed by atoms with van der Waals surface area (Å²) in [5.41, 5.74) is 4.45. The molecule has 8 nitrogen and oxygen atoms in total. The average Bonchev–Trinajstić information content (AvgIpc) is 3.24. The molecule has 0 aliphatic heterocycles. The minimum Gasteiger partial charge on any atom is -0.505 e. The number of benzene rings is 3. The summed E-state index contributed by atoms with van der Waals surface area (Å²) in [5.74, 6) is 0.461. The Hall–Kier alpha value is -3.17. The fourth-order valence-electron chi connectivity index (χ4n) is 3.54. The van der Waals surface area contributed by atoms with Crippen LogP contribution in [0.25, 0.3) is 16.7 Å². The van der Waals surface area contributed by atoms with Crippen LogP contribution in [0, 0.1) is 6.92 Å². The standard InChI is InChI=1S/C17H18ClN3O.C9H5Cl3N4/c1-10-7-12(17(2,3)4)16(22)15(8-10)21-19-13-6-5-11(18)9-14(13)20-21;10-5-3-1-2-4-6(5)13-9-15-7(11)14-8(12)16-9/h5-9,22H,1-4H3;1-4H,(H,13,14,15,16). The van der Waals surface area contributed by atoms with E-state index in [-0.39, 0.29) is 27.7 Å². The maximum absolute atomic E-state index is 10.7. The average molecular weight is 591 g/mol. The minimum atomic E-state index is -0.166. The molecule has 0 fully saturated rings. The number of nitrogens with zero attached hydrogens (tertiary/aromatic N) is 6. The summed E-state index contributed by atoms with van der Waals surface area (Å²) in [6.07, 6.45) is 0. The van der Waals surface area contributed by atoms with Crippen molar-refractivity contribution in [2.75, 3.05) is 5.32 Å². The maximum atomic E-state index is 10.7. The van der Waals surface area contributed by atoms with E-state index in [9.17, 15) is 5.11 Å². The number of halogens is 4. The normalized spacial score (nSPS) is 11.3.